The number of nitrogens with one attached hydrogen (secondary N) is 1. The van der Waals surface area contributed by atoms with E-state index in [4.69, 9.17) is 5.11 Å². The molecular weight excluding hydrogens is 316 g/mol. The van der Waals surface area contributed by atoms with Crippen molar-refractivity contribution in [3.05, 3.63) is 16.3 Å². The van der Waals surface area contributed by atoms with Crippen molar-refractivity contribution in [1.29, 1.82) is 0 Å². The van der Waals surface area contributed by atoms with Crippen molar-refractivity contribution < 1.29 is 23.1 Å². The Morgan fingerprint density at radius 2 is 1.90 bits per heavy atom. The number of aliphatic carboxylic acids is 1. The van der Waals surface area contributed by atoms with Crippen LogP contribution in [0.1, 0.15) is 23.5 Å². The molecule has 1 unspecified atom stereocenters. The van der Waals surface area contributed by atoms with Gasteiger partial charge in [-0.3, -0.25) is 4.79 Å². The average Bonchev–Trinajstić information content (AvgIpc) is 2.84. The maximum atomic E-state index is 12.0. The summed E-state index contributed by atoms with van der Waals surface area (Å²) in [5.41, 5.74) is 0. The van der Waals surface area contributed by atoms with Crippen molar-refractivity contribution in [1.82, 2.24) is 9.62 Å². The molecule has 0 bridgehead atoms. The molecule has 1 aromatic rings. The second kappa shape index (κ2) is 6.54. The van der Waals surface area contributed by atoms with Crippen LogP contribution in [0.15, 0.2) is 16.3 Å². The number of amides is 1. The lowest BCUT2D eigenvalue weighted by molar-refractivity contribution is -0.140. The maximum Gasteiger partial charge on any atom is 0.326 e. The Kier molecular flexibility index (Phi) is 5.48. The first kappa shape index (κ1) is 17.6. The van der Waals surface area contributed by atoms with Gasteiger partial charge in [0.05, 0.1) is 9.77 Å². The molecule has 1 aromatic heterocycles. The number of carboxylic acid groups (broad SMARTS) is 1. The smallest absolute Gasteiger partial charge is 0.326 e. The molecule has 1 amide bonds. The Balaban J connectivity index is 2.96. The van der Waals surface area contributed by atoms with Crippen molar-refractivity contribution in [3.63, 3.8) is 0 Å². The van der Waals surface area contributed by atoms with E-state index in [0.29, 0.717) is 0 Å². The lowest BCUT2D eigenvalue weighted by Crippen LogP contribution is -2.44. The molecule has 7 nitrogen and oxygen atoms in total. The molecule has 1 heterocycles. The van der Waals surface area contributed by atoms with Crippen LogP contribution < -0.4 is 5.32 Å². The number of carbonyl (C=O) groups is 2. The maximum absolute atomic E-state index is 12.0. The lowest BCUT2D eigenvalue weighted by atomic mass is 10.0. The predicted molar refractivity (Wildman–Crippen MR) is 78.9 cm³/mol. The van der Waals surface area contributed by atoms with Gasteiger partial charge in [-0.2, -0.15) is 0 Å². The van der Waals surface area contributed by atoms with E-state index >= 15 is 0 Å². The quantitative estimate of drug-likeness (QED) is 0.802. The zero-order valence-electron chi connectivity index (χ0n) is 12.2. The van der Waals surface area contributed by atoms with E-state index < -0.39 is 27.9 Å². The minimum atomic E-state index is -3.60. The lowest BCUT2D eigenvalue weighted by Gasteiger charge is -2.17. The molecule has 0 aliphatic heterocycles. The van der Waals surface area contributed by atoms with E-state index in [9.17, 15) is 18.0 Å². The minimum Gasteiger partial charge on any atom is -0.480 e. The zero-order chi connectivity index (χ0) is 16.4. The fourth-order valence-corrected chi connectivity index (χ4v) is 3.58. The van der Waals surface area contributed by atoms with Gasteiger partial charge in [-0.1, -0.05) is 13.8 Å². The summed E-state index contributed by atoms with van der Waals surface area (Å²) in [5.74, 6) is -2.01. The normalized spacial score (nSPS) is 13.4. The molecule has 0 aliphatic rings. The van der Waals surface area contributed by atoms with E-state index in [2.05, 4.69) is 5.32 Å². The molecule has 1 rings (SSSR count). The van der Waals surface area contributed by atoms with Crippen molar-refractivity contribution in [2.24, 2.45) is 5.92 Å². The van der Waals surface area contributed by atoms with E-state index in [1.54, 1.807) is 13.8 Å². The number of thiophene rings is 1. The molecule has 0 aromatic carbocycles. The van der Waals surface area contributed by atoms with Crippen LogP contribution in [0.3, 0.4) is 0 Å². The summed E-state index contributed by atoms with van der Waals surface area (Å²) in [5, 5.41) is 12.8. The van der Waals surface area contributed by atoms with E-state index in [0.717, 1.165) is 15.6 Å². The number of carboxylic acids is 1. The average molecular weight is 334 g/mol. The molecular formula is C12H18N2O5S2. The van der Waals surface area contributed by atoms with Gasteiger partial charge in [-0.25, -0.2) is 17.5 Å². The first-order valence-electron chi connectivity index (χ1n) is 6.12. The number of rotatable bonds is 6. The molecule has 0 saturated carbocycles. The second-order valence-electron chi connectivity index (χ2n) is 4.97. The van der Waals surface area contributed by atoms with Crippen LogP contribution in [0.25, 0.3) is 0 Å². The summed E-state index contributed by atoms with van der Waals surface area (Å²) in [7, 11) is -0.814. The largest absolute Gasteiger partial charge is 0.480 e. The third-order valence-corrected chi connectivity index (χ3v) is 5.67. The molecule has 0 spiro atoms. The monoisotopic (exact) mass is 334 g/mol. The van der Waals surface area contributed by atoms with Gasteiger partial charge in [-0.15, -0.1) is 11.3 Å². The fraction of sp³-hybridized carbons (Fsp3) is 0.500. The summed E-state index contributed by atoms with van der Waals surface area (Å²) < 4.78 is 24.9. The highest BCUT2D eigenvalue weighted by molar-refractivity contribution is 7.89. The van der Waals surface area contributed by atoms with Gasteiger partial charge in [0, 0.05) is 19.5 Å². The standard InChI is InChI=1S/C12H18N2O5S2/c1-7(2)10(12(16)17)13-11(15)9-5-8(6-20-9)21(18,19)14(3)4/h5-7,10H,1-4H3,(H,13,15)(H,16,17). The first-order chi connectivity index (χ1) is 9.57. The minimum absolute atomic E-state index is 0.0130. The summed E-state index contributed by atoms with van der Waals surface area (Å²) in [6.07, 6.45) is 0. The van der Waals surface area contributed by atoms with Gasteiger partial charge in [0.25, 0.3) is 5.91 Å². The highest BCUT2D eigenvalue weighted by Gasteiger charge is 2.26. The number of hydrogen-bond acceptors (Lipinski definition) is 5. The molecule has 0 saturated heterocycles. The summed E-state index contributed by atoms with van der Waals surface area (Å²) in [4.78, 5) is 23.2. The van der Waals surface area contributed by atoms with Gasteiger partial charge in [0.1, 0.15) is 6.04 Å². The SMILES string of the molecule is CC(C)C(NC(=O)c1cc(S(=O)(=O)N(C)C)cs1)C(=O)O. The van der Waals surface area contributed by atoms with Gasteiger partial charge >= 0.3 is 5.97 Å². The van der Waals surface area contributed by atoms with Crippen molar-refractivity contribution in [2.45, 2.75) is 24.8 Å². The van der Waals surface area contributed by atoms with Crippen LogP contribution in [0.2, 0.25) is 0 Å². The molecule has 118 valence electrons. The predicted octanol–water partition coefficient (Wildman–Crippen LogP) is 0.837. The molecule has 21 heavy (non-hydrogen) atoms. The Hall–Kier alpha value is -1.45. The number of hydrogen-bond donors (Lipinski definition) is 2. The zero-order valence-corrected chi connectivity index (χ0v) is 13.8. The van der Waals surface area contributed by atoms with Crippen molar-refractivity contribution >= 4 is 33.2 Å². The Labute approximate surface area is 127 Å². The number of sulfonamides is 1. The van der Waals surface area contributed by atoms with Crippen LogP contribution in [0, 0.1) is 5.92 Å². The summed E-state index contributed by atoms with van der Waals surface area (Å²) in [6, 6.07) is 0.225. The summed E-state index contributed by atoms with van der Waals surface area (Å²) >= 11 is 0.957. The van der Waals surface area contributed by atoms with Crippen LogP contribution in [0.5, 0.6) is 0 Å². The summed E-state index contributed by atoms with van der Waals surface area (Å²) in [6.45, 7) is 3.35. The second-order valence-corrected chi connectivity index (χ2v) is 8.03. The molecule has 0 radical (unpaired) electrons. The topological polar surface area (TPSA) is 104 Å². The van der Waals surface area contributed by atoms with Gasteiger partial charge in [0.2, 0.25) is 10.0 Å². The van der Waals surface area contributed by atoms with Gasteiger partial charge < -0.3 is 10.4 Å². The van der Waals surface area contributed by atoms with Gasteiger partial charge in [0.15, 0.2) is 0 Å². The van der Waals surface area contributed by atoms with E-state index in [1.165, 1.54) is 25.5 Å². The van der Waals surface area contributed by atoms with Crippen molar-refractivity contribution in [2.75, 3.05) is 14.1 Å². The molecule has 0 aliphatic carbocycles. The molecule has 1 atom stereocenters. The number of nitrogens with zero attached hydrogens (tertiary/aromatic N) is 1. The van der Waals surface area contributed by atoms with Crippen LogP contribution in [-0.2, 0) is 14.8 Å². The van der Waals surface area contributed by atoms with E-state index in [-0.39, 0.29) is 15.7 Å². The van der Waals surface area contributed by atoms with Crippen LogP contribution >= 0.6 is 11.3 Å². The Bertz CT molecular complexity index is 634. The Morgan fingerprint density at radius 3 is 2.33 bits per heavy atom. The molecule has 9 heteroatoms. The third-order valence-electron chi connectivity index (χ3n) is 2.80. The van der Waals surface area contributed by atoms with E-state index in [1.807, 2.05) is 0 Å². The number of carbonyl (C=O) groups excluding carboxylic acids is 1. The molecule has 2 N–H and O–H groups in total. The first-order valence-corrected chi connectivity index (χ1v) is 8.44. The fourth-order valence-electron chi connectivity index (χ4n) is 1.51. The van der Waals surface area contributed by atoms with Crippen LogP contribution in [-0.4, -0.2) is 49.8 Å². The van der Waals surface area contributed by atoms with Crippen LogP contribution in [0.4, 0.5) is 0 Å². The Morgan fingerprint density at radius 1 is 1.33 bits per heavy atom. The molecule has 0 fully saturated rings. The highest BCUT2D eigenvalue weighted by atomic mass is 32.2. The van der Waals surface area contributed by atoms with Crippen molar-refractivity contribution in [3.8, 4) is 0 Å². The third kappa shape index (κ3) is 4.02. The highest BCUT2D eigenvalue weighted by Crippen LogP contribution is 2.21. The van der Waals surface area contributed by atoms with Gasteiger partial charge in [-0.05, 0) is 12.0 Å².